The highest BCUT2D eigenvalue weighted by Crippen LogP contribution is 2.36. The highest BCUT2D eigenvalue weighted by atomic mass is 32.1. The van der Waals surface area contributed by atoms with Crippen LogP contribution in [0.3, 0.4) is 0 Å². The van der Waals surface area contributed by atoms with Crippen LogP contribution >= 0.6 is 11.3 Å². The highest BCUT2D eigenvalue weighted by molar-refractivity contribution is 7.11. The normalized spacial score (nSPS) is 19.5. The molecular formula is C10H14N2O2S. The lowest BCUT2D eigenvalue weighted by Crippen LogP contribution is -2.12. The Labute approximate surface area is 92.6 Å². The van der Waals surface area contributed by atoms with E-state index in [2.05, 4.69) is 4.98 Å². The Morgan fingerprint density at radius 2 is 2.40 bits per heavy atom. The van der Waals surface area contributed by atoms with Crippen molar-refractivity contribution >= 4 is 17.3 Å². The van der Waals surface area contributed by atoms with Gasteiger partial charge in [0.15, 0.2) is 0 Å². The Hall–Kier alpha value is -0.940. The SMILES string of the molecule is CN(C)Cc1nc2c(s1)CCC2C(=O)O. The number of rotatable bonds is 3. The summed E-state index contributed by atoms with van der Waals surface area (Å²) < 4.78 is 0. The van der Waals surface area contributed by atoms with Crippen molar-refractivity contribution in [3.05, 3.63) is 15.6 Å². The molecule has 15 heavy (non-hydrogen) atoms. The monoisotopic (exact) mass is 226 g/mol. The molecule has 82 valence electrons. The highest BCUT2D eigenvalue weighted by Gasteiger charge is 2.32. The van der Waals surface area contributed by atoms with E-state index in [-0.39, 0.29) is 5.92 Å². The molecule has 0 aliphatic heterocycles. The fourth-order valence-corrected chi connectivity index (χ4v) is 3.12. The molecule has 0 saturated heterocycles. The van der Waals surface area contributed by atoms with E-state index in [0.717, 1.165) is 23.7 Å². The number of thiazole rings is 1. The quantitative estimate of drug-likeness (QED) is 0.844. The summed E-state index contributed by atoms with van der Waals surface area (Å²) in [4.78, 5) is 18.6. The topological polar surface area (TPSA) is 53.4 Å². The third-order valence-electron chi connectivity index (χ3n) is 2.51. The fourth-order valence-electron chi connectivity index (χ4n) is 1.86. The molecule has 0 saturated carbocycles. The van der Waals surface area contributed by atoms with E-state index in [1.165, 1.54) is 4.88 Å². The van der Waals surface area contributed by atoms with Gasteiger partial charge in [-0.1, -0.05) is 0 Å². The molecule has 1 atom stereocenters. The van der Waals surface area contributed by atoms with Gasteiger partial charge in [0.2, 0.25) is 0 Å². The molecule has 2 rings (SSSR count). The lowest BCUT2D eigenvalue weighted by atomic mass is 10.1. The molecule has 1 heterocycles. The molecule has 4 nitrogen and oxygen atoms in total. The van der Waals surface area contributed by atoms with Gasteiger partial charge in [-0.3, -0.25) is 4.79 Å². The van der Waals surface area contributed by atoms with Crippen LogP contribution in [0.4, 0.5) is 0 Å². The van der Waals surface area contributed by atoms with E-state index in [4.69, 9.17) is 5.11 Å². The maximum Gasteiger partial charge on any atom is 0.312 e. The lowest BCUT2D eigenvalue weighted by molar-refractivity contribution is -0.138. The summed E-state index contributed by atoms with van der Waals surface area (Å²) in [6.45, 7) is 0.796. The Morgan fingerprint density at radius 1 is 1.67 bits per heavy atom. The molecule has 0 fully saturated rings. The van der Waals surface area contributed by atoms with Crippen molar-refractivity contribution in [1.29, 1.82) is 0 Å². The number of hydrogen-bond acceptors (Lipinski definition) is 4. The van der Waals surface area contributed by atoms with Gasteiger partial charge in [-0.05, 0) is 26.9 Å². The summed E-state index contributed by atoms with van der Waals surface area (Å²) in [6.07, 6.45) is 1.59. The summed E-state index contributed by atoms with van der Waals surface area (Å²) in [5, 5.41) is 10.0. The number of aliphatic carboxylic acids is 1. The van der Waals surface area contributed by atoms with Crippen LogP contribution in [0, 0.1) is 0 Å². The van der Waals surface area contributed by atoms with Crippen LogP contribution in [0.25, 0.3) is 0 Å². The van der Waals surface area contributed by atoms with Crippen molar-refractivity contribution in [3.63, 3.8) is 0 Å². The minimum Gasteiger partial charge on any atom is -0.481 e. The van der Waals surface area contributed by atoms with E-state index >= 15 is 0 Å². The molecule has 0 aromatic carbocycles. The van der Waals surface area contributed by atoms with Crippen molar-refractivity contribution in [2.75, 3.05) is 14.1 Å². The second-order valence-electron chi connectivity index (χ2n) is 4.08. The van der Waals surface area contributed by atoms with Crippen LogP contribution in [-0.2, 0) is 17.8 Å². The van der Waals surface area contributed by atoms with Crippen LogP contribution < -0.4 is 0 Å². The molecule has 0 radical (unpaired) electrons. The summed E-state index contributed by atoms with van der Waals surface area (Å²) in [7, 11) is 3.97. The zero-order chi connectivity index (χ0) is 11.0. The van der Waals surface area contributed by atoms with E-state index < -0.39 is 5.97 Å². The number of carbonyl (C=O) groups is 1. The molecule has 0 spiro atoms. The van der Waals surface area contributed by atoms with E-state index in [0.29, 0.717) is 6.42 Å². The van der Waals surface area contributed by atoms with Crippen molar-refractivity contribution in [2.24, 2.45) is 0 Å². The first kappa shape index (κ1) is 10.6. The molecule has 0 bridgehead atoms. The number of aryl methyl sites for hydroxylation is 1. The minimum atomic E-state index is -0.740. The predicted molar refractivity (Wildman–Crippen MR) is 58.2 cm³/mol. The van der Waals surface area contributed by atoms with Crippen molar-refractivity contribution in [2.45, 2.75) is 25.3 Å². The Balaban J connectivity index is 2.22. The standard InChI is InChI=1S/C10H14N2O2S/c1-12(2)5-8-11-9-6(10(13)14)3-4-7(9)15-8/h6H,3-5H2,1-2H3,(H,13,14). The zero-order valence-electron chi connectivity index (χ0n) is 8.86. The summed E-state index contributed by atoms with van der Waals surface area (Å²) in [6, 6.07) is 0. The summed E-state index contributed by atoms with van der Waals surface area (Å²) >= 11 is 1.66. The molecule has 1 aromatic heterocycles. The van der Waals surface area contributed by atoms with Gasteiger partial charge in [0.05, 0.1) is 5.69 Å². The van der Waals surface area contributed by atoms with Gasteiger partial charge in [-0.25, -0.2) is 4.98 Å². The minimum absolute atomic E-state index is 0.368. The van der Waals surface area contributed by atoms with Crippen molar-refractivity contribution < 1.29 is 9.90 Å². The number of carboxylic acids is 1. The number of hydrogen-bond donors (Lipinski definition) is 1. The first-order valence-corrected chi connectivity index (χ1v) is 5.75. The summed E-state index contributed by atoms with van der Waals surface area (Å²) in [5.41, 5.74) is 0.810. The maximum atomic E-state index is 10.9. The van der Waals surface area contributed by atoms with Crippen molar-refractivity contribution in [3.8, 4) is 0 Å². The van der Waals surface area contributed by atoms with Gasteiger partial charge in [0.1, 0.15) is 10.9 Å². The third-order valence-corrected chi connectivity index (χ3v) is 3.63. The van der Waals surface area contributed by atoms with Gasteiger partial charge in [0.25, 0.3) is 0 Å². The molecule has 1 aliphatic carbocycles. The van der Waals surface area contributed by atoms with E-state index in [9.17, 15) is 4.79 Å². The first-order chi connectivity index (χ1) is 7.08. The van der Waals surface area contributed by atoms with Gasteiger partial charge < -0.3 is 10.0 Å². The lowest BCUT2D eigenvalue weighted by Gasteiger charge is -2.06. The Morgan fingerprint density at radius 3 is 3.00 bits per heavy atom. The Kier molecular flexibility index (Phi) is 2.75. The molecular weight excluding hydrogens is 212 g/mol. The average molecular weight is 226 g/mol. The largest absolute Gasteiger partial charge is 0.481 e. The summed E-state index contributed by atoms with van der Waals surface area (Å²) in [5.74, 6) is -1.11. The number of nitrogens with zero attached hydrogens (tertiary/aromatic N) is 2. The van der Waals surface area contributed by atoms with Crippen LogP contribution in [0.1, 0.15) is 27.9 Å². The second kappa shape index (κ2) is 3.90. The predicted octanol–water partition coefficient (Wildman–Crippen LogP) is 1.32. The maximum absolute atomic E-state index is 10.9. The van der Waals surface area contributed by atoms with Gasteiger partial charge in [-0.15, -0.1) is 11.3 Å². The van der Waals surface area contributed by atoms with Gasteiger partial charge in [-0.2, -0.15) is 0 Å². The number of carboxylic acid groups (broad SMARTS) is 1. The molecule has 1 unspecified atom stereocenters. The zero-order valence-corrected chi connectivity index (χ0v) is 9.67. The smallest absolute Gasteiger partial charge is 0.312 e. The number of fused-ring (bicyclic) bond motifs is 1. The Bertz CT molecular complexity index is 387. The molecule has 1 aromatic rings. The van der Waals surface area contributed by atoms with Crippen LogP contribution in [0.15, 0.2) is 0 Å². The number of aromatic nitrogens is 1. The molecule has 5 heteroatoms. The average Bonchev–Trinajstić information content (AvgIpc) is 2.60. The van der Waals surface area contributed by atoms with Gasteiger partial charge >= 0.3 is 5.97 Å². The van der Waals surface area contributed by atoms with Crippen LogP contribution in [0.2, 0.25) is 0 Å². The molecule has 1 aliphatic rings. The van der Waals surface area contributed by atoms with Gasteiger partial charge in [0, 0.05) is 11.4 Å². The third kappa shape index (κ3) is 2.03. The first-order valence-electron chi connectivity index (χ1n) is 4.94. The van der Waals surface area contributed by atoms with Crippen molar-refractivity contribution in [1.82, 2.24) is 9.88 Å². The van der Waals surface area contributed by atoms with E-state index in [1.807, 2.05) is 19.0 Å². The molecule has 0 amide bonds. The van der Waals surface area contributed by atoms with E-state index in [1.54, 1.807) is 11.3 Å². The molecule has 1 N–H and O–H groups in total. The second-order valence-corrected chi connectivity index (χ2v) is 5.25. The van der Waals surface area contributed by atoms with Crippen LogP contribution in [0.5, 0.6) is 0 Å². The fraction of sp³-hybridized carbons (Fsp3) is 0.600. The van der Waals surface area contributed by atoms with Crippen LogP contribution in [-0.4, -0.2) is 35.1 Å².